The predicted octanol–water partition coefficient (Wildman–Crippen LogP) is 0.964. The van der Waals surface area contributed by atoms with Crippen molar-refractivity contribution >= 4 is 28.4 Å². The zero-order chi connectivity index (χ0) is 14.0. The van der Waals surface area contributed by atoms with Gasteiger partial charge in [-0.3, -0.25) is 9.78 Å². The van der Waals surface area contributed by atoms with Gasteiger partial charge in [-0.05, 0) is 34.7 Å². The summed E-state index contributed by atoms with van der Waals surface area (Å²) in [6.07, 6.45) is 1.17. The second-order valence-corrected chi connectivity index (χ2v) is 4.67. The van der Waals surface area contributed by atoms with Crippen molar-refractivity contribution in [1.82, 2.24) is 9.55 Å². The summed E-state index contributed by atoms with van der Waals surface area (Å²) in [5.74, 6) is -0.958. The van der Waals surface area contributed by atoms with Crippen molar-refractivity contribution in [1.29, 1.82) is 0 Å². The maximum Gasteiger partial charge on any atom is 0.334 e. The number of benzene rings is 1. The molecule has 0 fully saturated rings. The molecule has 0 saturated carbocycles. The second kappa shape index (κ2) is 5.34. The first kappa shape index (κ1) is 13.5. The monoisotopic (exact) mass is 375 g/mol. The van der Waals surface area contributed by atoms with Crippen molar-refractivity contribution < 1.29 is 9.60 Å². The molecule has 98 valence electrons. The molecule has 0 saturated heterocycles. The molecule has 0 spiro atoms. The molecule has 0 bridgehead atoms. The zero-order valence-corrected chi connectivity index (χ0v) is 11.5. The Kier molecular flexibility index (Phi) is 3.79. The molecule has 1 heterocycles. The third-order valence-electron chi connectivity index (χ3n) is 2.34. The highest BCUT2D eigenvalue weighted by atomic mass is 127. The average molecular weight is 375 g/mol. The van der Waals surface area contributed by atoms with Crippen LogP contribution >= 0.6 is 22.6 Å². The molecule has 0 aliphatic rings. The third-order valence-corrected chi connectivity index (χ3v) is 3.10. The minimum absolute atomic E-state index is 0.0602. The molecule has 0 radical (unpaired) electrons. The molecule has 2 rings (SSSR count). The Bertz CT molecular complexity index is 766. The Morgan fingerprint density at radius 3 is 2.68 bits per heavy atom. The molecule has 0 atom stereocenters. The highest BCUT2D eigenvalue weighted by Crippen LogP contribution is 2.08. The van der Waals surface area contributed by atoms with Crippen LogP contribution in [0.5, 0.6) is 0 Å². The minimum Gasteiger partial charge on any atom is -0.409 e. The Balaban J connectivity index is 2.69. The maximum atomic E-state index is 13.6. The summed E-state index contributed by atoms with van der Waals surface area (Å²) in [5.41, 5.74) is -1.44. The van der Waals surface area contributed by atoms with Crippen molar-refractivity contribution in [3.63, 3.8) is 0 Å². The van der Waals surface area contributed by atoms with E-state index in [1.165, 1.54) is 30.5 Å². The van der Waals surface area contributed by atoms with Gasteiger partial charge in [0.25, 0.3) is 5.56 Å². The molecule has 0 aliphatic heterocycles. The average Bonchev–Trinajstić information content (AvgIpc) is 2.38. The summed E-state index contributed by atoms with van der Waals surface area (Å²) < 4.78 is 14.7. The number of hydrogen-bond donors (Lipinski definition) is 2. The van der Waals surface area contributed by atoms with E-state index in [-0.39, 0.29) is 15.0 Å². The SMILES string of the molecule is O=c1[nH]c(=O)n(/C(=N/O)c2ccccc2F)cc1I. The fourth-order valence-electron chi connectivity index (χ4n) is 1.48. The van der Waals surface area contributed by atoms with Gasteiger partial charge in [0.05, 0.1) is 9.13 Å². The largest absolute Gasteiger partial charge is 0.409 e. The second-order valence-electron chi connectivity index (χ2n) is 3.51. The summed E-state index contributed by atoms with van der Waals surface area (Å²) >= 11 is 1.71. The highest BCUT2D eigenvalue weighted by molar-refractivity contribution is 14.1. The smallest absolute Gasteiger partial charge is 0.334 e. The van der Waals surface area contributed by atoms with Gasteiger partial charge in [-0.25, -0.2) is 13.8 Å². The van der Waals surface area contributed by atoms with Crippen LogP contribution in [0.1, 0.15) is 5.56 Å². The van der Waals surface area contributed by atoms with Crippen LogP contribution in [0.2, 0.25) is 0 Å². The lowest BCUT2D eigenvalue weighted by Crippen LogP contribution is -2.35. The number of rotatable bonds is 1. The number of nitrogens with one attached hydrogen (secondary N) is 1. The Hall–Kier alpha value is -1.97. The van der Waals surface area contributed by atoms with E-state index in [4.69, 9.17) is 5.21 Å². The van der Waals surface area contributed by atoms with Gasteiger partial charge >= 0.3 is 5.69 Å². The van der Waals surface area contributed by atoms with Crippen LogP contribution in [-0.4, -0.2) is 20.6 Å². The molecule has 1 aromatic carbocycles. The van der Waals surface area contributed by atoms with Gasteiger partial charge in [-0.15, -0.1) is 0 Å². The van der Waals surface area contributed by atoms with Crippen LogP contribution in [0.4, 0.5) is 4.39 Å². The van der Waals surface area contributed by atoms with E-state index in [2.05, 4.69) is 5.16 Å². The van der Waals surface area contributed by atoms with Crippen LogP contribution in [0.25, 0.3) is 0 Å². The first-order valence-corrected chi connectivity index (χ1v) is 6.11. The Labute approximate surface area is 119 Å². The topological polar surface area (TPSA) is 87.5 Å². The molecule has 1 aromatic heterocycles. The summed E-state index contributed by atoms with van der Waals surface area (Å²) in [7, 11) is 0. The summed E-state index contributed by atoms with van der Waals surface area (Å²) in [6, 6.07) is 5.52. The molecule has 6 nitrogen and oxygen atoms in total. The van der Waals surface area contributed by atoms with E-state index >= 15 is 0 Å². The molecule has 0 amide bonds. The van der Waals surface area contributed by atoms with E-state index in [9.17, 15) is 14.0 Å². The number of oxime groups is 1. The summed E-state index contributed by atoms with van der Waals surface area (Å²) in [6.45, 7) is 0. The first-order valence-electron chi connectivity index (χ1n) is 5.03. The highest BCUT2D eigenvalue weighted by Gasteiger charge is 2.14. The van der Waals surface area contributed by atoms with Crippen molar-refractivity contribution in [2.75, 3.05) is 0 Å². The van der Waals surface area contributed by atoms with E-state index in [1.54, 1.807) is 22.6 Å². The first-order chi connectivity index (χ1) is 9.04. The predicted molar refractivity (Wildman–Crippen MR) is 74.2 cm³/mol. The third kappa shape index (κ3) is 2.57. The van der Waals surface area contributed by atoms with Crippen LogP contribution in [0.15, 0.2) is 45.2 Å². The van der Waals surface area contributed by atoms with Crippen molar-refractivity contribution in [2.24, 2.45) is 5.16 Å². The zero-order valence-electron chi connectivity index (χ0n) is 9.30. The van der Waals surface area contributed by atoms with Crippen LogP contribution in [-0.2, 0) is 0 Å². The molecule has 2 N–H and O–H groups in total. The van der Waals surface area contributed by atoms with Gasteiger partial charge in [0, 0.05) is 6.20 Å². The fraction of sp³-hybridized carbons (Fsp3) is 0. The van der Waals surface area contributed by atoms with Gasteiger partial charge < -0.3 is 5.21 Å². The number of aromatic amines is 1. The lowest BCUT2D eigenvalue weighted by molar-refractivity contribution is 0.316. The molecule has 0 unspecified atom stereocenters. The standard InChI is InChI=1S/C11H7FIN3O3/c12-7-4-2-1-3-6(7)9(15-19)16-5-8(13)10(17)14-11(16)18/h1-5,19H,(H,14,17,18)/b15-9+. The lowest BCUT2D eigenvalue weighted by Gasteiger charge is -2.08. The van der Waals surface area contributed by atoms with Crippen molar-refractivity contribution in [3.05, 3.63) is 66.3 Å². The van der Waals surface area contributed by atoms with E-state index in [0.29, 0.717) is 0 Å². The number of nitrogens with zero attached hydrogens (tertiary/aromatic N) is 2. The summed E-state index contributed by atoms with van der Waals surface area (Å²) in [4.78, 5) is 25.0. The van der Waals surface area contributed by atoms with Gasteiger partial charge in [0.2, 0.25) is 0 Å². The number of halogens is 2. The number of hydrogen-bond acceptors (Lipinski definition) is 4. The number of aromatic nitrogens is 2. The Morgan fingerprint density at radius 2 is 2.05 bits per heavy atom. The van der Waals surface area contributed by atoms with Gasteiger partial charge in [-0.1, -0.05) is 17.3 Å². The van der Waals surface area contributed by atoms with Crippen LogP contribution in [0, 0.1) is 9.39 Å². The molecule has 0 aliphatic carbocycles. The molecule has 19 heavy (non-hydrogen) atoms. The minimum atomic E-state index is -0.818. The fourth-order valence-corrected chi connectivity index (χ4v) is 1.89. The molecular weight excluding hydrogens is 368 g/mol. The van der Waals surface area contributed by atoms with E-state index in [0.717, 1.165) is 4.57 Å². The van der Waals surface area contributed by atoms with E-state index in [1.807, 2.05) is 4.98 Å². The van der Waals surface area contributed by atoms with Gasteiger partial charge in [-0.2, -0.15) is 0 Å². The maximum absolute atomic E-state index is 13.6. The lowest BCUT2D eigenvalue weighted by atomic mass is 10.2. The van der Waals surface area contributed by atoms with Crippen LogP contribution < -0.4 is 11.2 Å². The molecule has 8 heteroatoms. The van der Waals surface area contributed by atoms with Crippen molar-refractivity contribution in [2.45, 2.75) is 0 Å². The quantitative estimate of drug-likeness (QED) is 0.256. The number of H-pyrrole nitrogens is 1. The normalized spacial score (nSPS) is 11.6. The molecule has 2 aromatic rings. The van der Waals surface area contributed by atoms with Crippen LogP contribution in [0.3, 0.4) is 0 Å². The van der Waals surface area contributed by atoms with Gasteiger partial charge in [0.1, 0.15) is 5.82 Å². The van der Waals surface area contributed by atoms with Gasteiger partial charge in [0.15, 0.2) is 5.84 Å². The van der Waals surface area contributed by atoms with Crippen molar-refractivity contribution in [3.8, 4) is 0 Å². The molecular formula is C11H7FIN3O3. The Morgan fingerprint density at radius 1 is 1.37 bits per heavy atom. The van der Waals surface area contributed by atoms with E-state index < -0.39 is 17.1 Å². The summed E-state index contributed by atoms with van der Waals surface area (Å²) in [5, 5.41) is 11.9.